The number of aromatic nitrogens is 5. The molecule has 1 atom stereocenters. The summed E-state index contributed by atoms with van der Waals surface area (Å²) in [6, 6.07) is 6.92. The maximum absolute atomic E-state index is 13.0. The number of fused-ring (bicyclic) bond motifs is 1. The van der Waals surface area contributed by atoms with Crippen LogP contribution in [0.3, 0.4) is 0 Å². The van der Waals surface area contributed by atoms with Gasteiger partial charge in [-0.3, -0.25) is 9.78 Å². The zero-order valence-corrected chi connectivity index (χ0v) is 23.7. The van der Waals surface area contributed by atoms with Crippen molar-refractivity contribution >= 4 is 26.1 Å². The second-order valence-corrected chi connectivity index (χ2v) is 15.9. The summed E-state index contributed by atoms with van der Waals surface area (Å²) >= 11 is 0. The number of carbonyl (C=O) groups is 2. The molecule has 1 aliphatic rings. The minimum Gasteiger partial charge on any atom is -0.465 e. The van der Waals surface area contributed by atoms with E-state index in [0.717, 1.165) is 11.1 Å². The van der Waals surface area contributed by atoms with Gasteiger partial charge in [0, 0.05) is 19.3 Å². The molecule has 1 aliphatic heterocycles. The number of nitrogens with one attached hydrogen (secondary N) is 1. The molecule has 0 bridgehead atoms. The average molecular weight is 538 g/mol. The predicted octanol–water partition coefficient (Wildman–Crippen LogP) is 4.61. The standard InChI is InChI=1S/C26H35N7O4Si/c1-17(15-37-38(5,6)26(2,3)4)33-16-28-31-23(33)20-8-7-9-22(29-20)30-24(34)21-12-19-14-32(25(35)36)11-10-18(19)13-27-21/h7-9,12-13,16-17H,10-11,14-15H2,1-6H3,(H,35,36)(H,29,30,34). The van der Waals surface area contributed by atoms with Gasteiger partial charge in [0.25, 0.3) is 5.91 Å². The lowest BCUT2D eigenvalue weighted by Gasteiger charge is -2.37. The molecule has 2 amide bonds. The van der Waals surface area contributed by atoms with Crippen LogP contribution in [0, 0.1) is 0 Å². The molecule has 3 aromatic heterocycles. The van der Waals surface area contributed by atoms with Crippen LogP contribution >= 0.6 is 0 Å². The number of hydrogen-bond donors (Lipinski definition) is 2. The van der Waals surface area contributed by atoms with E-state index in [4.69, 9.17) is 4.43 Å². The van der Waals surface area contributed by atoms with Crippen LogP contribution in [0.5, 0.6) is 0 Å². The zero-order chi connectivity index (χ0) is 27.7. The molecule has 12 heteroatoms. The summed E-state index contributed by atoms with van der Waals surface area (Å²) in [6.07, 6.45) is 2.90. The summed E-state index contributed by atoms with van der Waals surface area (Å²) < 4.78 is 8.33. The van der Waals surface area contributed by atoms with Gasteiger partial charge in [0.15, 0.2) is 14.1 Å². The van der Waals surface area contributed by atoms with Gasteiger partial charge in [-0.15, -0.1) is 10.2 Å². The molecule has 2 N–H and O–H groups in total. The molecule has 1 unspecified atom stereocenters. The summed E-state index contributed by atoms with van der Waals surface area (Å²) in [7, 11) is -1.91. The predicted molar refractivity (Wildman–Crippen MR) is 145 cm³/mol. The van der Waals surface area contributed by atoms with Gasteiger partial charge in [-0.1, -0.05) is 26.8 Å². The number of carbonyl (C=O) groups excluding carboxylic acids is 1. The first-order chi connectivity index (χ1) is 17.9. The number of nitrogens with zero attached hydrogens (tertiary/aromatic N) is 6. The van der Waals surface area contributed by atoms with Crippen LogP contribution in [0.15, 0.2) is 36.8 Å². The van der Waals surface area contributed by atoms with Crippen LogP contribution in [-0.2, 0) is 17.4 Å². The number of carboxylic acid groups (broad SMARTS) is 1. The average Bonchev–Trinajstić information content (AvgIpc) is 3.36. The number of anilines is 1. The molecule has 0 saturated carbocycles. The Morgan fingerprint density at radius 1 is 1.24 bits per heavy atom. The molecule has 202 valence electrons. The first-order valence-corrected chi connectivity index (χ1v) is 15.5. The highest BCUT2D eigenvalue weighted by molar-refractivity contribution is 6.74. The molecule has 11 nitrogen and oxygen atoms in total. The van der Waals surface area contributed by atoms with Crippen molar-refractivity contribution in [1.29, 1.82) is 0 Å². The molecule has 0 saturated heterocycles. The molecule has 38 heavy (non-hydrogen) atoms. The first-order valence-electron chi connectivity index (χ1n) is 12.6. The van der Waals surface area contributed by atoms with Gasteiger partial charge < -0.3 is 24.3 Å². The third-order valence-corrected chi connectivity index (χ3v) is 11.9. The number of hydrogen-bond acceptors (Lipinski definition) is 7. The zero-order valence-electron chi connectivity index (χ0n) is 22.7. The third-order valence-electron chi connectivity index (χ3n) is 7.36. The molecule has 0 aliphatic carbocycles. The summed E-state index contributed by atoms with van der Waals surface area (Å²) in [6.45, 7) is 14.3. The molecule has 0 radical (unpaired) electrons. The molecule has 0 aromatic carbocycles. The van der Waals surface area contributed by atoms with Gasteiger partial charge >= 0.3 is 6.09 Å². The second-order valence-electron chi connectivity index (χ2n) is 11.1. The highest BCUT2D eigenvalue weighted by atomic mass is 28.4. The van der Waals surface area contributed by atoms with E-state index in [1.54, 1.807) is 30.7 Å². The Hall–Kier alpha value is -3.64. The minimum atomic E-state index is -1.91. The van der Waals surface area contributed by atoms with Crippen LogP contribution in [0.2, 0.25) is 18.1 Å². The van der Waals surface area contributed by atoms with Crippen molar-refractivity contribution < 1.29 is 19.1 Å². The van der Waals surface area contributed by atoms with E-state index in [-0.39, 0.29) is 23.3 Å². The Morgan fingerprint density at radius 2 is 2.00 bits per heavy atom. The summed E-state index contributed by atoms with van der Waals surface area (Å²) in [5.41, 5.74) is 2.49. The van der Waals surface area contributed by atoms with E-state index in [9.17, 15) is 14.7 Å². The van der Waals surface area contributed by atoms with E-state index in [1.807, 2.05) is 10.6 Å². The summed E-state index contributed by atoms with van der Waals surface area (Å²) in [5.74, 6) is 0.495. The van der Waals surface area contributed by atoms with Gasteiger partial charge in [-0.25, -0.2) is 9.78 Å². The van der Waals surface area contributed by atoms with Crippen molar-refractivity contribution in [2.75, 3.05) is 18.5 Å². The third kappa shape index (κ3) is 5.91. The van der Waals surface area contributed by atoms with Crippen molar-refractivity contribution in [3.8, 4) is 11.5 Å². The van der Waals surface area contributed by atoms with Crippen molar-refractivity contribution in [1.82, 2.24) is 29.6 Å². The molecule has 3 aromatic rings. The van der Waals surface area contributed by atoms with E-state index in [0.29, 0.717) is 36.9 Å². The van der Waals surface area contributed by atoms with Gasteiger partial charge in [0.2, 0.25) is 0 Å². The monoisotopic (exact) mass is 537 g/mol. The maximum atomic E-state index is 13.0. The lowest BCUT2D eigenvalue weighted by atomic mass is 10.0. The quantitative estimate of drug-likeness (QED) is 0.417. The highest BCUT2D eigenvalue weighted by Gasteiger charge is 2.37. The Balaban J connectivity index is 1.48. The topological polar surface area (TPSA) is 135 Å². The fourth-order valence-corrected chi connectivity index (χ4v) is 5.00. The Labute approximate surface area is 223 Å². The molecular weight excluding hydrogens is 502 g/mol. The van der Waals surface area contributed by atoms with E-state index >= 15 is 0 Å². The van der Waals surface area contributed by atoms with Gasteiger partial charge in [0.05, 0.1) is 12.6 Å². The van der Waals surface area contributed by atoms with Crippen LogP contribution in [0.1, 0.15) is 55.4 Å². The number of amides is 2. The van der Waals surface area contributed by atoms with E-state index < -0.39 is 20.3 Å². The lowest BCUT2D eigenvalue weighted by Crippen LogP contribution is -2.42. The first kappa shape index (κ1) is 27.4. The Kier molecular flexibility index (Phi) is 7.65. The summed E-state index contributed by atoms with van der Waals surface area (Å²) in [4.78, 5) is 34.5. The molecule has 4 rings (SSSR count). The lowest BCUT2D eigenvalue weighted by molar-refractivity contribution is 0.102. The van der Waals surface area contributed by atoms with E-state index in [1.165, 1.54) is 4.90 Å². The highest BCUT2D eigenvalue weighted by Crippen LogP contribution is 2.37. The number of rotatable bonds is 7. The SMILES string of the molecule is CC(CO[Si](C)(C)C(C)(C)C)n1cnnc1-c1cccc(NC(=O)c2cc3c(cn2)CCN(C(=O)O)C3)n1. The van der Waals surface area contributed by atoms with E-state index in [2.05, 4.69) is 66.3 Å². The van der Waals surface area contributed by atoms with Crippen LogP contribution in [0.4, 0.5) is 10.6 Å². The smallest absolute Gasteiger partial charge is 0.407 e. The molecular formula is C26H35N7O4Si. The summed E-state index contributed by atoms with van der Waals surface area (Å²) in [5, 5.41) is 20.6. The van der Waals surface area contributed by atoms with Crippen molar-refractivity contribution in [2.45, 2.75) is 64.8 Å². The molecule has 4 heterocycles. The second kappa shape index (κ2) is 10.6. The number of pyridine rings is 2. The van der Waals surface area contributed by atoms with Crippen LogP contribution in [-0.4, -0.2) is 68.2 Å². The Bertz CT molecular complexity index is 1340. The fourth-order valence-electron chi connectivity index (χ4n) is 3.91. The van der Waals surface area contributed by atoms with Crippen LogP contribution < -0.4 is 5.32 Å². The van der Waals surface area contributed by atoms with Crippen LogP contribution in [0.25, 0.3) is 11.5 Å². The largest absolute Gasteiger partial charge is 0.465 e. The van der Waals surface area contributed by atoms with Gasteiger partial charge in [-0.2, -0.15) is 0 Å². The normalized spacial score (nSPS) is 14.6. The van der Waals surface area contributed by atoms with Crippen molar-refractivity contribution in [3.05, 3.63) is 53.6 Å². The van der Waals surface area contributed by atoms with Crippen molar-refractivity contribution in [2.24, 2.45) is 0 Å². The fraction of sp³-hybridized carbons (Fsp3) is 0.462. The van der Waals surface area contributed by atoms with Crippen molar-refractivity contribution in [3.63, 3.8) is 0 Å². The van der Waals surface area contributed by atoms with Gasteiger partial charge in [-0.05, 0) is 60.8 Å². The minimum absolute atomic E-state index is 0.0146. The molecule has 0 spiro atoms. The maximum Gasteiger partial charge on any atom is 0.407 e. The Morgan fingerprint density at radius 3 is 2.71 bits per heavy atom. The molecule has 0 fully saturated rings. The van der Waals surface area contributed by atoms with Gasteiger partial charge in [0.1, 0.15) is 23.5 Å².